The van der Waals surface area contributed by atoms with E-state index in [1.54, 1.807) is 41.3 Å². The molecule has 1 amide bonds. The Morgan fingerprint density at radius 2 is 1.83 bits per heavy atom. The molecule has 0 unspecified atom stereocenters. The Hall–Kier alpha value is -3.90. The molecule has 0 saturated carbocycles. The van der Waals surface area contributed by atoms with Crippen LogP contribution < -0.4 is 9.64 Å². The molecule has 4 rings (SSSR count). The van der Waals surface area contributed by atoms with Crippen LogP contribution in [0.25, 0.3) is 5.57 Å². The highest BCUT2D eigenvalue weighted by molar-refractivity contribution is 6.35. The van der Waals surface area contributed by atoms with Crippen LogP contribution in [0.15, 0.2) is 48.0 Å². The highest BCUT2D eigenvalue weighted by Gasteiger charge is 2.48. The van der Waals surface area contributed by atoms with Crippen molar-refractivity contribution in [1.82, 2.24) is 0 Å². The Balaban J connectivity index is 1.91. The number of allylic oxidation sites excluding steroid dienone is 1. The van der Waals surface area contributed by atoms with Gasteiger partial charge in [0.1, 0.15) is 23.5 Å². The highest BCUT2D eigenvalue weighted by atomic mass is 16.5. The summed E-state index contributed by atoms with van der Waals surface area (Å²) in [6.07, 6.45) is 0.697. The second-order valence-corrected chi connectivity index (χ2v) is 8.20. The predicted molar refractivity (Wildman–Crippen MR) is 111 cm³/mol. The smallest absolute Gasteiger partial charge is 0.343 e. The van der Waals surface area contributed by atoms with Gasteiger partial charge in [0.25, 0.3) is 5.91 Å². The summed E-state index contributed by atoms with van der Waals surface area (Å²) in [4.78, 5) is 27.5. The second-order valence-electron chi connectivity index (χ2n) is 8.20. The summed E-state index contributed by atoms with van der Waals surface area (Å²) in [6, 6.07) is 15.6. The molecule has 0 aliphatic carbocycles. The third kappa shape index (κ3) is 2.86. The normalized spacial score (nSPS) is 18.3. The fourth-order valence-electron chi connectivity index (χ4n) is 4.48. The van der Waals surface area contributed by atoms with Gasteiger partial charge in [0.05, 0.1) is 16.8 Å². The van der Waals surface area contributed by atoms with Gasteiger partial charge in [0, 0.05) is 11.1 Å². The first kappa shape index (κ1) is 19.4. The molecule has 0 saturated heterocycles. The number of nitrogens with zero attached hydrogens (tertiary/aromatic N) is 3. The molecule has 1 atom stereocenters. The van der Waals surface area contributed by atoms with Crippen molar-refractivity contribution in [2.75, 3.05) is 4.90 Å². The van der Waals surface area contributed by atoms with Crippen molar-refractivity contribution >= 4 is 23.1 Å². The molecule has 0 radical (unpaired) electrons. The molecule has 2 aliphatic rings. The second kappa shape index (κ2) is 6.86. The summed E-state index contributed by atoms with van der Waals surface area (Å²) in [5.74, 6) is -0.501. The molecule has 148 valence electrons. The lowest BCUT2D eigenvalue weighted by Crippen LogP contribution is -2.49. The summed E-state index contributed by atoms with van der Waals surface area (Å²) in [7, 11) is 0. The summed E-state index contributed by atoms with van der Waals surface area (Å²) in [6.45, 7) is 6.00. The predicted octanol–water partition coefficient (Wildman–Crippen LogP) is 4.34. The number of rotatable bonds is 2. The fourth-order valence-corrected chi connectivity index (χ4v) is 4.48. The van der Waals surface area contributed by atoms with Crippen molar-refractivity contribution in [3.63, 3.8) is 0 Å². The summed E-state index contributed by atoms with van der Waals surface area (Å²) in [5.41, 5.74) is 1.78. The SMILES string of the molecule is C[C@@H]1CC(C)(C)N2C(=O)C(=C(C#N)C#N)c3cc(OC(=O)c4ccccc4)cc1c32. The van der Waals surface area contributed by atoms with Gasteiger partial charge in [-0.15, -0.1) is 0 Å². The van der Waals surface area contributed by atoms with Crippen LogP contribution in [0.2, 0.25) is 0 Å². The number of hydrogen-bond donors (Lipinski definition) is 0. The van der Waals surface area contributed by atoms with Gasteiger partial charge in [-0.05, 0) is 56.0 Å². The average Bonchev–Trinajstić information content (AvgIpc) is 3.01. The van der Waals surface area contributed by atoms with Gasteiger partial charge in [-0.2, -0.15) is 10.5 Å². The minimum Gasteiger partial charge on any atom is -0.423 e. The summed E-state index contributed by atoms with van der Waals surface area (Å²) >= 11 is 0. The first-order valence-corrected chi connectivity index (χ1v) is 9.63. The lowest BCUT2D eigenvalue weighted by Gasteiger charge is -2.43. The maximum absolute atomic E-state index is 13.3. The third-order valence-electron chi connectivity index (χ3n) is 5.66. The topological polar surface area (TPSA) is 94.2 Å². The molecule has 30 heavy (non-hydrogen) atoms. The largest absolute Gasteiger partial charge is 0.423 e. The molecule has 6 nitrogen and oxygen atoms in total. The quantitative estimate of drug-likeness (QED) is 0.325. The Bertz CT molecular complexity index is 1180. The standard InChI is InChI=1S/C24H19N3O3/c1-14-11-24(2,3)27-21-18(14)9-17(30-23(29)15-7-5-4-6-8-15)10-19(21)20(22(27)28)16(12-25)13-26/h4-10,14H,11H2,1-3H3/t14-/m1/s1. The van der Waals surface area contributed by atoms with Crippen molar-refractivity contribution in [3.8, 4) is 17.9 Å². The number of benzene rings is 2. The zero-order valence-corrected chi connectivity index (χ0v) is 16.9. The lowest BCUT2D eigenvalue weighted by atomic mass is 9.80. The van der Waals surface area contributed by atoms with E-state index in [1.165, 1.54) is 0 Å². The van der Waals surface area contributed by atoms with Crippen LogP contribution >= 0.6 is 0 Å². The van der Waals surface area contributed by atoms with E-state index in [0.717, 1.165) is 5.56 Å². The van der Waals surface area contributed by atoms with E-state index in [1.807, 2.05) is 32.1 Å². The minimum absolute atomic E-state index is 0.0658. The van der Waals surface area contributed by atoms with Gasteiger partial charge in [0.2, 0.25) is 0 Å². The average molecular weight is 397 g/mol. The van der Waals surface area contributed by atoms with Crippen molar-refractivity contribution < 1.29 is 14.3 Å². The highest BCUT2D eigenvalue weighted by Crippen LogP contribution is 2.53. The van der Waals surface area contributed by atoms with Gasteiger partial charge < -0.3 is 9.64 Å². The van der Waals surface area contributed by atoms with Crippen molar-refractivity contribution in [2.24, 2.45) is 0 Å². The van der Waals surface area contributed by atoms with Crippen LogP contribution in [0.3, 0.4) is 0 Å². The first-order valence-electron chi connectivity index (χ1n) is 9.63. The fraction of sp³-hybridized carbons (Fsp3) is 0.250. The molecule has 0 bridgehead atoms. The van der Waals surface area contributed by atoms with Crippen LogP contribution in [-0.4, -0.2) is 17.4 Å². The zero-order valence-electron chi connectivity index (χ0n) is 16.9. The minimum atomic E-state index is -0.515. The molecular weight excluding hydrogens is 378 g/mol. The van der Waals surface area contributed by atoms with E-state index in [2.05, 4.69) is 6.92 Å². The van der Waals surface area contributed by atoms with Crippen molar-refractivity contribution in [3.05, 3.63) is 64.7 Å². The molecule has 2 aliphatic heterocycles. The summed E-state index contributed by atoms with van der Waals surface area (Å²) < 4.78 is 5.60. The lowest BCUT2D eigenvalue weighted by molar-refractivity contribution is -0.114. The number of ether oxygens (including phenoxy) is 1. The van der Waals surface area contributed by atoms with Crippen LogP contribution in [0, 0.1) is 22.7 Å². The molecule has 0 fully saturated rings. The third-order valence-corrected chi connectivity index (χ3v) is 5.66. The van der Waals surface area contributed by atoms with E-state index in [4.69, 9.17) is 4.74 Å². The summed E-state index contributed by atoms with van der Waals surface area (Å²) in [5, 5.41) is 18.9. The van der Waals surface area contributed by atoms with E-state index in [-0.39, 0.29) is 28.7 Å². The number of anilines is 1. The number of amides is 1. The van der Waals surface area contributed by atoms with Crippen LogP contribution in [0.1, 0.15) is 54.6 Å². The van der Waals surface area contributed by atoms with Gasteiger partial charge in [-0.3, -0.25) is 4.79 Å². The van der Waals surface area contributed by atoms with Crippen LogP contribution in [0.5, 0.6) is 5.75 Å². The van der Waals surface area contributed by atoms with E-state index < -0.39 is 11.5 Å². The Morgan fingerprint density at radius 3 is 2.47 bits per heavy atom. The number of nitriles is 2. The number of carbonyl (C=O) groups is 2. The zero-order chi connectivity index (χ0) is 21.6. The van der Waals surface area contributed by atoms with Crippen LogP contribution in [-0.2, 0) is 4.79 Å². The molecule has 2 heterocycles. The molecule has 2 aromatic rings. The Morgan fingerprint density at radius 1 is 1.17 bits per heavy atom. The molecule has 6 heteroatoms. The number of hydrogen-bond acceptors (Lipinski definition) is 5. The maximum Gasteiger partial charge on any atom is 0.343 e. The van der Waals surface area contributed by atoms with Gasteiger partial charge >= 0.3 is 5.97 Å². The van der Waals surface area contributed by atoms with E-state index >= 15 is 0 Å². The molecular formula is C24H19N3O3. The Kier molecular flexibility index (Phi) is 4.44. The van der Waals surface area contributed by atoms with Crippen LogP contribution in [0.4, 0.5) is 5.69 Å². The number of esters is 1. The van der Waals surface area contributed by atoms with Gasteiger partial charge in [0.15, 0.2) is 0 Å². The molecule has 2 aromatic carbocycles. The molecule has 0 N–H and O–H groups in total. The Labute approximate surface area is 174 Å². The van der Waals surface area contributed by atoms with Crippen molar-refractivity contribution in [1.29, 1.82) is 10.5 Å². The van der Waals surface area contributed by atoms with E-state index in [9.17, 15) is 20.1 Å². The van der Waals surface area contributed by atoms with E-state index in [0.29, 0.717) is 23.2 Å². The molecule has 0 aromatic heterocycles. The first-order chi connectivity index (χ1) is 14.3. The van der Waals surface area contributed by atoms with Gasteiger partial charge in [-0.1, -0.05) is 25.1 Å². The number of carbonyl (C=O) groups excluding carboxylic acids is 2. The maximum atomic E-state index is 13.3. The van der Waals surface area contributed by atoms with Gasteiger partial charge in [-0.25, -0.2) is 4.79 Å². The molecule has 0 spiro atoms. The monoisotopic (exact) mass is 397 g/mol. The van der Waals surface area contributed by atoms with Crippen molar-refractivity contribution in [2.45, 2.75) is 38.6 Å².